The number of alkyl halides is 1. The zero-order valence-electron chi connectivity index (χ0n) is 10.8. The first-order valence-corrected chi connectivity index (χ1v) is 7.17. The predicted molar refractivity (Wildman–Crippen MR) is 73.4 cm³/mol. The van der Waals surface area contributed by atoms with Crippen molar-refractivity contribution in [3.05, 3.63) is 30.1 Å². The van der Waals surface area contributed by atoms with Crippen molar-refractivity contribution in [2.24, 2.45) is 11.8 Å². The molecule has 0 radical (unpaired) electrons. The Morgan fingerprint density at radius 3 is 2.53 bits per heavy atom. The van der Waals surface area contributed by atoms with Crippen molar-refractivity contribution in [2.75, 3.05) is 0 Å². The van der Waals surface area contributed by atoms with Gasteiger partial charge in [0.15, 0.2) is 0 Å². The summed E-state index contributed by atoms with van der Waals surface area (Å²) in [5.74, 6) is 1.92. The Labute approximate surface area is 110 Å². The van der Waals surface area contributed by atoms with Gasteiger partial charge in [-0.25, -0.2) is 0 Å². The zero-order chi connectivity index (χ0) is 12.3. The van der Waals surface area contributed by atoms with Gasteiger partial charge in [0.25, 0.3) is 0 Å². The lowest BCUT2D eigenvalue weighted by molar-refractivity contribution is 0.271. The molecule has 0 bridgehead atoms. The average Bonchev–Trinajstić information content (AvgIpc) is 2.39. The quantitative estimate of drug-likeness (QED) is 0.715. The number of pyridine rings is 1. The summed E-state index contributed by atoms with van der Waals surface area (Å²) in [5, 5.41) is 0.234. The van der Waals surface area contributed by atoms with Crippen LogP contribution in [-0.2, 0) is 0 Å². The molecule has 2 atom stereocenters. The number of hydrogen-bond acceptors (Lipinski definition) is 1. The van der Waals surface area contributed by atoms with E-state index in [0.717, 1.165) is 11.6 Å². The Morgan fingerprint density at radius 1 is 1.24 bits per heavy atom. The number of hydrogen-bond donors (Lipinski definition) is 0. The fourth-order valence-electron chi connectivity index (χ4n) is 2.82. The smallest absolute Gasteiger partial charge is 0.0446 e. The second-order valence-electron chi connectivity index (χ2n) is 5.51. The fourth-order valence-corrected chi connectivity index (χ4v) is 3.20. The molecule has 1 nitrogen and oxygen atoms in total. The second kappa shape index (κ2) is 5.86. The molecule has 1 fully saturated rings. The molecule has 0 saturated heterocycles. The maximum atomic E-state index is 6.65. The van der Waals surface area contributed by atoms with Crippen LogP contribution in [-0.4, -0.2) is 10.4 Å². The van der Waals surface area contributed by atoms with E-state index in [9.17, 15) is 0 Å². The van der Waals surface area contributed by atoms with Gasteiger partial charge in [0.2, 0.25) is 0 Å². The molecule has 17 heavy (non-hydrogen) atoms. The SMILES string of the molecule is CC1CCC(C(Cl)C(C)c2ccccn2)CC1. The summed E-state index contributed by atoms with van der Waals surface area (Å²) >= 11 is 6.65. The molecular weight excluding hydrogens is 230 g/mol. The van der Waals surface area contributed by atoms with Crippen LogP contribution in [0.2, 0.25) is 0 Å². The molecule has 1 aliphatic carbocycles. The molecule has 1 aromatic rings. The van der Waals surface area contributed by atoms with E-state index in [-0.39, 0.29) is 5.38 Å². The van der Waals surface area contributed by atoms with E-state index in [2.05, 4.69) is 24.9 Å². The summed E-state index contributed by atoms with van der Waals surface area (Å²) in [6, 6.07) is 6.10. The summed E-state index contributed by atoms with van der Waals surface area (Å²) < 4.78 is 0. The van der Waals surface area contributed by atoms with Crippen molar-refractivity contribution < 1.29 is 0 Å². The van der Waals surface area contributed by atoms with Crippen LogP contribution in [0.5, 0.6) is 0 Å². The van der Waals surface area contributed by atoms with Crippen molar-refractivity contribution in [3.8, 4) is 0 Å². The van der Waals surface area contributed by atoms with Gasteiger partial charge in [0, 0.05) is 23.2 Å². The Kier molecular flexibility index (Phi) is 4.44. The van der Waals surface area contributed by atoms with Gasteiger partial charge in [-0.1, -0.05) is 32.8 Å². The molecule has 0 N–H and O–H groups in total. The van der Waals surface area contributed by atoms with Gasteiger partial charge in [-0.3, -0.25) is 4.98 Å². The maximum absolute atomic E-state index is 6.65. The fraction of sp³-hybridized carbons (Fsp3) is 0.667. The number of rotatable bonds is 3. The minimum atomic E-state index is 0.234. The summed E-state index contributed by atoms with van der Waals surface area (Å²) in [5.41, 5.74) is 1.13. The van der Waals surface area contributed by atoms with E-state index >= 15 is 0 Å². The third-order valence-electron chi connectivity index (χ3n) is 4.14. The van der Waals surface area contributed by atoms with Crippen LogP contribution in [0.3, 0.4) is 0 Å². The summed E-state index contributed by atoms with van der Waals surface area (Å²) in [7, 11) is 0. The highest BCUT2D eigenvalue weighted by atomic mass is 35.5. The molecule has 1 saturated carbocycles. The minimum absolute atomic E-state index is 0.234. The van der Waals surface area contributed by atoms with Crippen molar-refractivity contribution >= 4 is 11.6 Å². The van der Waals surface area contributed by atoms with Crippen molar-refractivity contribution in [3.63, 3.8) is 0 Å². The maximum Gasteiger partial charge on any atom is 0.0446 e. The highest BCUT2D eigenvalue weighted by Gasteiger charge is 2.29. The first kappa shape index (κ1) is 12.9. The van der Waals surface area contributed by atoms with Gasteiger partial charge in [0.05, 0.1) is 0 Å². The monoisotopic (exact) mass is 251 g/mol. The minimum Gasteiger partial charge on any atom is -0.261 e. The molecule has 94 valence electrons. The normalized spacial score (nSPS) is 28.6. The van der Waals surface area contributed by atoms with E-state index < -0.39 is 0 Å². The molecule has 2 heteroatoms. The number of nitrogens with zero attached hydrogens (tertiary/aromatic N) is 1. The highest BCUT2D eigenvalue weighted by Crippen LogP contribution is 2.37. The first-order chi connectivity index (χ1) is 8.18. The van der Waals surface area contributed by atoms with Crippen molar-refractivity contribution in [1.29, 1.82) is 0 Å². The molecule has 0 aliphatic heterocycles. The van der Waals surface area contributed by atoms with Crippen LogP contribution in [0.15, 0.2) is 24.4 Å². The van der Waals surface area contributed by atoms with Gasteiger partial charge in [-0.2, -0.15) is 0 Å². The Bertz CT molecular complexity index is 330. The van der Waals surface area contributed by atoms with Gasteiger partial charge in [0.1, 0.15) is 0 Å². The molecule has 0 aromatic carbocycles. The lowest BCUT2D eigenvalue weighted by Gasteiger charge is -2.32. The molecule has 1 aromatic heterocycles. The van der Waals surface area contributed by atoms with Gasteiger partial charge in [-0.05, 0) is 36.8 Å². The largest absolute Gasteiger partial charge is 0.261 e. The Morgan fingerprint density at radius 2 is 1.94 bits per heavy atom. The van der Waals surface area contributed by atoms with Crippen LogP contribution in [0.4, 0.5) is 0 Å². The van der Waals surface area contributed by atoms with E-state index in [1.54, 1.807) is 0 Å². The summed E-state index contributed by atoms with van der Waals surface area (Å²) in [4.78, 5) is 4.43. The first-order valence-electron chi connectivity index (χ1n) is 6.73. The highest BCUT2D eigenvalue weighted by molar-refractivity contribution is 6.21. The molecular formula is C15H22ClN. The van der Waals surface area contributed by atoms with Gasteiger partial charge in [-0.15, -0.1) is 11.6 Å². The third-order valence-corrected chi connectivity index (χ3v) is 4.88. The molecule has 2 unspecified atom stereocenters. The number of halogens is 1. The topological polar surface area (TPSA) is 12.9 Å². The van der Waals surface area contributed by atoms with Gasteiger partial charge >= 0.3 is 0 Å². The van der Waals surface area contributed by atoms with Crippen molar-refractivity contribution in [1.82, 2.24) is 4.98 Å². The standard InChI is InChI=1S/C15H22ClN/c1-11-6-8-13(9-7-11)15(16)12(2)14-5-3-4-10-17-14/h3-5,10-13,15H,6-9H2,1-2H3. The summed E-state index contributed by atoms with van der Waals surface area (Å²) in [6.45, 7) is 4.56. The lowest BCUT2D eigenvalue weighted by Crippen LogP contribution is -2.25. The van der Waals surface area contributed by atoms with E-state index in [1.807, 2.05) is 18.3 Å². The van der Waals surface area contributed by atoms with E-state index in [0.29, 0.717) is 11.8 Å². The lowest BCUT2D eigenvalue weighted by atomic mass is 9.78. The van der Waals surface area contributed by atoms with Crippen LogP contribution in [0.25, 0.3) is 0 Å². The Balaban J connectivity index is 1.98. The average molecular weight is 252 g/mol. The molecule has 2 rings (SSSR count). The molecule has 1 heterocycles. The third kappa shape index (κ3) is 3.22. The molecule has 1 aliphatic rings. The Hall–Kier alpha value is -0.560. The van der Waals surface area contributed by atoms with E-state index in [4.69, 9.17) is 11.6 Å². The summed E-state index contributed by atoms with van der Waals surface area (Å²) in [6.07, 6.45) is 7.10. The molecule has 0 amide bonds. The zero-order valence-corrected chi connectivity index (χ0v) is 11.5. The molecule has 0 spiro atoms. The van der Waals surface area contributed by atoms with E-state index in [1.165, 1.54) is 25.7 Å². The van der Waals surface area contributed by atoms with Crippen LogP contribution in [0.1, 0.15) is 51.1 Å². The van der Waals surface area contributed by atoms with Crippen LogP contribution >= 0.6 is 11.6 Å². The van der Waals surface area contributed by atoms with Gasteiger partial charge < -0.3 is 0 Å². The number of aromatic nitrogens is 1. The van der Waals surface area contributed by atoms with Crippen molar-refractivity contribution in [2.45, 2.75) is 50.8 Å². The van der Waals surface area contributed by atoms with Crippen LogP contribution < -0.4 is 0 Å². The second-order valence-corrected chi connectivity index (χ2v) is 6.01. The predicted octanol–water partition coefficient (Wildman–Crippen LogP) is 4.62. The van der Waals surface area contributed by atoms with Crippen LogP contribution in [0, 0.1) is 11.8 Å².